The molecule has 0 aliphatic carbocycles. The van der Waals surface area contributed by atoms with E-state index in [1.807, 2.05) is 96.4 Å². The first-order valence-corrected chi connectivity index (χ1v) is 13.2. The lowest BCUT2D eigenvalue weighted by Gasteiger charge is -2.17. The van der Waals surface area contributed by atoms with Gasteiger partial charge in [-0.2, -0.15) is 5.26 Å². The van der Waals surface area contributed by atoms with E-state index < -0.39 is 12.2 Å². The Morgan fingerprint density at radius 1 is 0.763 bits per heavy atom. The topological polar surface area (TPSA) is 86.7 Å². The van der Waals surface area contributed by atoms with E-state index in [0.717, 1.165) is 16.7 Å². The molecule has 2 N–H and O–H groups in total. The Hall–Kier alpha value is -4.09. The number of hydrogen-bond acceptors (Lipinski definition) is 7. The number of hydrogen-bond donors (Lipinski definition) is 1. The quantitative estimate of drug-likeness (QED) is 0.241. The van der Waals surface area contributed by atoms with E-state index in [-0.39, 0.29) is 6.61 Å². The highest BCUT2D eigenvalue weighted by atomic mass is 32.1. The monoisotopic (exact) mass is 524 g/mol. The van der Waals surface area contributed by atoms with Gasteiger partial charge in [-0.1, -0.05) is 91.0 Å². The summed E-state index contributed by atoms with van der Waals surface area (Å²) in [6.07, 6.45) is -1.13. The molecule has 192 valence electrons. The van der Waals surface area contributed by atoms with Gasteiger partial charge in [0.15, 0.2) is 11.5 Å². The SMILES string of the molecule is N#Cc1scc(C2OC(COCc3ccccc3)C(OCc3ccccc3)=C2OCc2ccccc2)c1N. The number of nitrogens with two attached hydrogens (primary N) is 1. The number of thiophene rings is 1. The second kappa shape index (κ2) is 12.4. The van der Waals surface area contributed by atoms with Gasteiger partial charge in [-0.05, 0) is 16.7 Å². The zero-order valence-corrected chi connectivity index (χ0v) is 21.6. The Bertz CT molecular complexity index is 1400. The average molecular weight is 525 g/mol. The van der Waals surface area contributed by atoms with Crippen molar-refractivity contribution in [3.8, 4) is 6.07 Å². The normalized spacial score (nSPS) is 16.8. The molecule has 0 radical (unpaired) electrons. The predicted molar refractivity (Wildman–Crippen MR) is 147 cm³/mol. The van der Waals surface area contributed by atoms with Gasteiger partial charge < -0.3 is 24.7 Å². The molecule has 1 aliphatic heterocycles. The van der Waals surface area contributed by atoms with Gasteiger partial charge in [0.1, 0.15) is 36.4 Å². The summed E-state index contributed by atoms with van der Waals surface area (Å²) < 4.78 is 25.3. The standard InChI is InChI=1S/C31H28N2O4S/c32-16-27-28(33)25(21-38-27)29-31(36-19-24-14-8-3-9-15-24)30(35-18-23-12-6-2-7-13-23)26(37-29)20-34-17-22-10-4-1-5-11-22/h1-15,21,26,29H,17-20,33H2. The third-order valence-corrected chi connectivity index (χ3v) is 7.09. The number of nitriles is 1. The van der Waals surface area contributed by atoms with Crippen molar-refractivity contribution in [3.05, 3.63) is 135 Å². The summed E-state index contributed by atoms with van der Waals surface area (Å²) in [5.41, 5.74) is 10.6. The molecule has 6 nitrogen and oxygen atoms in total. The number of nitrogens with zero attached hydrogens (tertiary/aromatic N) is 1. The summed E-state index contributed by atoms with van der Waals surface area (Å²) >= 11 is 1.29. The molecule has 2 atom stereocenters. The molecule has 2 heterocycles. The third-order valence-electron chi connectivity index (χ3n) is 6.17. The second-order valence-corrected chi connectivity index (χ2v) is 9.71. The molecule has 0 bridgehead atoms. The Kier molecular flexibility index (Phi) is 8.36. The minimum absolute atomic E-state index is 0.267. The van der Waals surface area contributed by atoms with E-state index >= 15 is 0 Å². The van der Waals surface area contributed by atoms with Gasteiger partial charge >= 0.3 is 0 Å². The van der Waals surface area contributed by atoms with Gasteiger partial charge in [0.25, 0.3) is 0 Å². The van der Waals surface area contributed by atoms with Crippen LogP contribution < -0.4 is 5.73 Å². The van der Waals surface area contributed by atoms with Crippen LogP contribution in [-0.4, -0.2) is 12.7 Å². The van der Waals surface area contributed by atoms with E-state index in [4.69, 9.17) is 24.7 Å². The molecular formula is C31H28N2O4S. The summed E-state index contributed by atoms with van der Waals surface area (Å²) in [6, 6.07) is 32.0. The summed E-state index contributed by atoms with van der Waals surface area (Å²) in [4.78, 5) is 0.446. The summed E-state index contributed by atoms with van der Waals surface area (Å²) in [7, 11) is 0. The van der Waals surface area contributed by atoms with E-state index in [2.05, 4.69) is 6.07 Å². The number of anilines is 1. The molecule has 5 rings (SSSR count). The van der Waals surface area contributed by atoms with Crippen molar-refractivity contribution < 1.29 is 18.9 Å². The van der Waals surface area contributed by atoms with Crippen molar-refractivity contribution in [1.29, 1.82) is 5.26 Å². The number of rotatable bonds is 11. The highest BCUT2D eigenvalue weighted by Crippen LogP contribution is 2.44. The predicted octanol–water partition coefficient (Wildman–Crippen LogP) is 6.50. The van der Waals surface area contributed by atoms with E-state index in [0.29, 0.717) is 47.5 Å². The molecule has 0 fully saturated rings. The van der Waals surface area contributed by atoms with Gasteiger partial charge in [0, 0.05) is 10.9 Å². The van der Waals surface area contributed by atoms with Gasteiger partial charge in [-0.25, -0.2) is 0 Å². The van der Waals surface area contributed by atoms with Crippen LogP contribution in [0.25, 0.3) is 0 Å². The molecule has 7 heteroatoms. The highest BCUT2D eigenvalue weighted by molar-refractivity contribution is 7.11. The summed E-state index contributed by atoms with van der Waals surface area (Å²) in [5.74, 6) is 1.12. The first-order valence-electron chi connectivity index (χ1n) is 12.3. The van der Waals surface area contributed by atoms with Gasteiger partial charge in [0.2, 0.25) is 0 Å². The number of benzene rings is 3. The lowest BCUT2D eigenvalue weighted by atomic mass is 10.1. The van der Waals surface area contributed by atoms with Crippen molar-refractivity contribution in [2.45, 2.75) is 32.0 Å². The maximum atomic E-state index is 9.48. The average Bonchev–Trinajstić information content (AvgIpc) is 3.51. The van der Waals surface area contributed by atoms with E-state index in [1.54, 1.807) is 0 Å². The molecule has 1 aromatic heterocycles. The zero-order chi connectivity index (χ0) is 26.2. The van der Waals surface area contributed by atoms with Crippen LogP contribution in [0.15, 0.2) is 108 Å². The lowest BCUT2D eigenvalue weighted by molar-refractivity contribution is -0.0390. The van der Waals surface area contributed by atoms with E-state index in [1.165, 1.54) is 11.3 Å². The van der Waals surface area contributed by atoms with Crippen molar-refractivity contribution in [2.24, 2.45) is 0 Å². The minimum atomic E-state index is -0.617. The molecule has 0 spiro atoms. The van der Waals surface area contributed by atoms with Crippen LogP contribution >= 0.6 is 11.3 Å². The molecule has 0 amide bonds. The smallest absolute Gasteiger partial charge is 0.170 e. The minimum Gasteiger partial charge on any atom is -0.487 e. The van der Waals surface area contributed by atoms with Crippen molar-refractivity contribution in [1.82, 2.24) is 0 Å². The largest absolute Gasteiger partial charge is 0.487 e. The Morgan fingerprint density at radius 2 is 1.29 bits per heavy atom. The van der Waals surface area contributed by atoms with E-state index in [9.17, 15) is 5.26 Å². The fraction of sp³-hybridized carbons (Fsp3) is 0.194. The summed E-state index contributed by atoms with van der Waals surface area (Å²) in [5, 5.41) is 11.3. The fourth-order valence-corrected chi connectivity index (χ4v) is 5.01. The van der Waals surface area contributed by atoms with Crippen LogP contribution in [0.4, 0.5) is 5.69 Å². The first-order chi connectivity index (χ1) is 18.7. The van der Waals surface area contributed by atoms with Gasteiger partial charge in [-0.15, -0.1) is 11.3 Å². The number of nitrogen functional groups attached to an aromatic ring is 1. The maximum Gasteiger partial charge on any atom is 0.170 e. The van der Waals surface area contributed by atoms with Crippen LogP contribution in [0.5, 0.6) is 0 Å². The van der Waals surface area contributed by atoms with Crippen molar-refractivity contribution >= 4 is 17.0 Å². The van der Waals surface area contributed by atoms with Crippen LogP contribution in [0, 0.1) is 11.3 Å². The molecule has 2 unspecified atom stereocenters. The Balaban J connectivity index is 1.44. The van der Waals surface area contributed by atoms with Gasteiger partial charge in [0.05, 0.1) is 18.9 Å². The molecule has 0 saturated carbocycles. The molecule has 1 aliphatic rings. The fourth-order valence-electron chi connectivity index (χ4n) is 4.21. The van der Waals surface area contributed by atoms with Crippen LogP contribution in [-0.2, 0) is 38.8 Å². The molecule has 3 aromatic carbocycles. The summed E-state index contributed by atoms with van der Waals surface area (Å²) in [6.45, 7) is 1.39. The molecule has 0 saturated heterocycles. The highest BCUT2D eigenvalue weighted by Gasteiger charge is 2.41. The molecule has 38 heavy (non-hydrogen) atoms. The Labute approximate surface area is 226 Å². The second-order valence-electron chi connectivity index (χ2n) is 8.83. The zero-order valence-electron chi connectivity index (χ0n) is 20.8. The third kappa shape index (κ3) is 6.06. The number of ether oxygens (including phenoxy) is 4. The van der Waals surface area contributed by atoms with Crippen LogP contribution in [0.2, 0.25) is 0 Å². The molecule has 4 aromatic rings. The van der Waals surface area contributed by atoms with Crippen LogP contribution in [0.3, 0.4) is 0 Å². The van der Waals surface area contributed by atoms with Gasteiger partial charge in [-0.3, -0.25) is 0 Å². The van der Waals surface area contributed by atoms with Crippen LogP contribution in [0.1, 0.15) is 33.2 Å². The van der Waals surface area contributed by atoms with Crippen molar-refractivity contribution in [2.75, 3.05) is 12.3 Å². The molecular weight excluding hydrogens is 496 g/mol. The maximum absolute atomic E-state index is 9.48. The Morgan fingerprint density at radius 3 is 1.82 bits per heavy atom. The van der Waals surface area contributed by atoms with Crippen molar-refractivity contribution in [3.63, 3.8) is 0 Å². The lowest BCUT2D eigenvalue weighted by Crippen LogP contribution is -2.20. The first kappa shape index (κ1) is 25.6.